The van der Waals surface area contributed by atoms with Crippen molar-refractivity contribution in [1.82, 2.24) is 4.90 Å². The van der Waals surface area contributed by atoms with Crippen LogP contribution in [0.1, 0.15) is 27.8 Å². The van der Waals surface area contributed by atoms with Crippen LogP contribution in [0.25, 0.3) is 11.1 Å². The van der Waals surface area contributed by atoms with Crippen molar-refractivity contribution in [2.45, 2.75) is 33.4 Å². The maximum atomic E-state index is 2.58. The first-order valence-electron chi connectivity index (χ1n) is 9.16. The Morgan fingerprint density at radius 1 is 0.885 bits per heavy atom. The van der Waals surface area contributed by atoms with Gasteiger partial charge in [0.2, 0.25) is 0 Å². The third-order valence-corrected chi connectivity index (χ3v) is 5.44. The van der Waals surface area contributed by atoms with Crippen molar-refractivity contribution in [3.8, 4) is 11.1 Å². The predicted molar refractivity (Wildman–Crippen MR) is 113 cm³/mol. The number of halogens is 1. The second-order valence-electron chi connectivity index (χ2n) is 7.14. The molecule has 0 amide bonds. The van der Waals surface area contributed by atoms with Crippen LogP contribution in [0.4, 0.5) is 0 Å². The Labute approximate surface area is 163 Å². The summed E-state index contributed by atoms with van der Waals surface area (Å²) in [6.45, 7) is 7.72. The van der Waals surface area contributed by atoms with Gasteiger partial charge in [0, 0.05) is 19.6 Å². The molecule has 0 spiro atoms. The summed E-state index contributed by atoms with van der Waals surface area (Å²) in [6, 6.07) is 24.1. The molecule has 0 aromatic heterocycles. The fourth-order valence-electron chi connectivity index (χ4n) is 4.00. The third-order valence-electron chi connectivity index (χ3n) is 5.44. The van der Waals surface area contributed by atoms with Gasteiger partial charge in [-0.3, -0.25) is 4.90 Å². The van der Waals surface area contributed by atoms with Gasteiger partial charge >= 0.3 is 0 Å². The summed E-state index contributed by atoms with van der Waals surface area (Å²) in [7, 11) is 0. The molecule has 3 aromatic rings. The normalized spacial score (nSPS) is 13.8. The lowest BCUT2D eigenvalue weighted by atomic mass is 9.85. The number of nitrogens with zero attached hydrogens (tertiary/aromatic N) is 1. The van der Waals surface area contributed by atoms with Gasteiger partial charge in [0.25, 0.3) is 0 Å². The Bertz CT molecular complexity index is 872. The van der Waals surface area contributed by atoms with E-state index in [1.165, 1.54) is 38.9 Å². The second-order valence-corrected chi connectivity index (χ2v) is 7.14. The minimum Gasteiger partial charge on any atom is -0.294 e. The summed E-state index contributed by atoms with van der Waals surface area (Å²) in [5.74, 6) is 0. The zero-order chi connectivity index (χ0) is 17.2. The molecule has 0 atom stereocenters. The van der Waals surface area contributed by atoms with Gasteiger partial charge in [0.05, 0.1) is 0 Å². The molecule has 26 heavy (non-hydrogen) atoms. The van der Waals surface area contributed by atoms with Gasteiger partial charge in [-0.05, 0) is 59.2 Å². The molecule has 0 saturated carbocycles. The van der Waals surface area contributed by atoms with Gasteiger partial charge in [0.15, 0.2) is 0 Å². The zero-order valence-electron chi connectivity index (χ0n) is 15.5. The van der Waals surface area contributed by atoms with Crippen molar-refractivity contribution in [2.75, 3.05) is 6.54 Å². The van der Waals surface area contributed by atoms with Crippen LogP contribution in [0.2, 0.25) is 0 Å². The molecule has 0 radical (unpaired) electrons. The third kappa shape index (κ3) is 3.70. The van der Waals surface area contributed by atoms with Gasteiger partial charge in [-0.1, -0.05) is 66.7 Å². The largest absolute Gasteiger partial charge is 0.294 e. The molecule has 0 bridgehead atoms. The number of rotatable bonds is 3. The number of hydrogen-bond donors (Lipinski definition) is 0. The minimum absolute atomic E-state index is 0. The monoisotopic (exact) mass is 363 g/mol. The molecule has 1 aliphatic heterocycles. The molecular formula is C24H26ClN. The highest BCUT2D eigenvalue weighted by Crippen LogP contribution is 2.35. The van der Waals surface area contributed by atoms with Crippen molar-refractivity contribution in [1.29, 1.82) is 0 Å². The average molecular weight is 364 g/mol. The Morgan fingerprint density at radius 2 is 1.54 bits per heavy atom. The molecule has 0 saturated heterocycles. The van der Waals surface area contributed by atoms with Crippen LogP contribution in [0.3, 0.4) is 0 Å². The highest BCUT2D eigenvalue weighted by atomic mass is 35.5. The first kappa shape index (κ1) is 18.7. The van der Waals surface area contributed by atoms with Crippen LogP contribution in [0.5, 0.6) is 0 Å². The molecule has 0 aliphatic carbocycles. The molecule has 1 heterocycles. The highest BCUT2D eigenvalue weighted by Gasteiger charge is 2.22. The van der Waals surface area contributed by atoms with E-state index in [-0.39, 0.29) is 12.4 Å². The topological polar surface area (TPSA) is 3.24 Å². The zero-order valence-corrected chi connectivity index (χ0v) is 16.4. The standard InChI is InChI=1S/C24H25N.ClH/c1-18-15-22-13-14-25(16-20-9-5-3-6-10-20)17-23(22)24(19(18)2)21-11-7-4-8-12-21;/h3-12,15H,13-14,16-17H2,1-2H3;1H. The summed E-state index contributed by atoms with van der Waals surface area (Å²) in [5.41, 5.74) is 10.1. The number of aryl methyl sites for hydroxylation is 1. The maximum Gasteiger partial charge on any atom is 0.0246 e. The van der Waals surface area contributed by atoms with E-state index >= 15 is 0 Å². The van der Waals surface area contributed by atoms with Crippen molar-refractivity contribution >= 4 is 12.4 Å². The summed E-state index contributed by atoms with van der Waals surface area (Å²) in [4.78, 5) is 2.58. The molecule has 4 rings (SSSR count). The maximum absolute atomic E-state index is 2.58. The molecule has 0 unspecified atom stereocenters. The van der Waals surface area contributed by atoms with Crippen molar-refractivity contribution < 1.29 is 0 Å². The van der Waals surface area contributed by atoms with E-state index in [4.69, 9.17) is 0 Å². The summed E-state index contributed by atoms with van der Waals surface area (Å²) < 4.78 is 0. The fourth-order valence-corrected chi connectivity index (χ4v) is 4.00. The Morgan fingerprint density at radius 3 is 2.23 bits per heavy atom. The van der Waals surface area contributed by atoms with E-state index in [9.17, 15) is 0 Å². The Balaban J connectivity index is 0.00000196. The molecule has 1 aliphatic rings. The first-order valence-corrected chi connectivity index (χ1v) is 9.16. The molecular weight excluding hydrogens is 338 g/mol. The van der Waals surface area contributed by atoms with Crippen molar-refractivity contribution in [3.63, 3.8) is 0 Å². The van der Waals surface area contributed by atoms with Crippen LogP contribution in [-0.4, -0.2) is 11.4 Å². The van der Waals surface area contributed by atoms with Crippen LogP contribution >= 0.6 is 12.4 Å². The van der Waals surface area contributed by atoms with Crippen LogP contribution in [-0.2, 0) is 19.5 Å². The van der Waals surface area contributed by atoms with Crippen molar-refractivity contribution in [2.24, 2.45) is 0 Å². The van der Waals surface area contributed by atoms with E-state index in [0.29, 0.717) is 0 Å². The predicted octanol–water partition coefficient (Wildman–Crippen LogP) is 5.95. The van der Waals surface area contributed by atoms with Crippen LogP contribution < -0.4 is 0 Å². The van der Waals surface area contributed by atoms with E-state index in [0.717, 1.165) is 26.1 Å². The molecule has 1 nitrogen and oxygen atoms in total. The summed E-state index contributed by atoms with van der Waals surface area (Å²) in [6.07, 6.45) is 1.14. The summed E-state index contributed by atoms with van der Waals surface area (Å²) >= 11 is 0. The fraction of sp³-hybridized carbons (Fsp3) is 0.250. The lowest BCUT2D eigenvalue weighted by Crippen LogP contribution is -2.30. The highest BCUT2D eigenvalue weighted by molar-refractivity contribution is 5.85. The Kier molecular flexibility index (Phi) is 5.80. The van der Waals surface area contributed by atoms with E-state index in [2.05, 4.69) is 85.5 Å². The molecule has 0 fully saturated rings. The number of hydrogen-bond acceptors (Lipinski definition) is 1. The average Bonchev–Trinajstić information content (AvgIpc) is 2.65. The molecule has 0 N–H and O–H groups in total. The smallest absolute Gasteiger partial charge is 0.0246 e. The Hall–Kier alpha value is -2.09. The van der Waals surface area contributed by atoms with Gasteiger partial charge in [0.1, 0.15) is 0 Å². The number of benzene rings is 3. The SMILES string of the molecule is Cc1cc2c(c(-c3ccccc3)c1C)CN(Cc1ccccc1)CC2.Cl. The van der Waals surface area contributed by atoms with E-state index in [1.54, 1.807) is 0 Å². The van der Waals surface area contributed by atoms with Gasteiger partial charge in [-0.2, -0.15) is 0 Å². The minimum atomic E-state index is 0. The number of fused-ring (bicyclic) bond motifs is 1. The lowest BCUT2D eigenvalue weighted by molar-refractivity contribution is 0.246. The van der Waals surface area contributed by atoms with Gasteiger partial charge < -0.3 is 0 Å². The quantitative estimate of drug-likeness (QED) is 0.555. The molecule has 134 valence electrons. The second kappa shape index (κ2) is 8.07. The van der Waals surface area contributed by atoms with Gasteiger partial charge in [-0.15, -0.1) is 12.4 Å². The van der Waals surface area contributed by atoms with E-state index in [1.807, 2.05) is 0 Å². The first-order chi connectivity index (χ1) is 12.2. The van der Waals surface area contributed by atoms with Crippen molar-refractivity contribution in [3.05, 3.63) is 94.5 Å². The summed E-state index contributed by atoms with van der Waals surface area (Å²) in [5, 5.41) is 0. The lowest BCUT2D eigenvalue weighted by Gasteiger charge is -2.32. The molecule has 3 aromatic carbocycles. The van der Waals surface area contributed by atoms with E-state index < -0.39 is 0 Å². The van der Waals surface area contributed by atoms with Crippen LogP contribution in [0, 0.1) is 13.8 Å². The molecule has 2 heteroatoms. The van der Waals surface area contributed by atoms with Gasteiger partial charge in [-0.25, -0.2) is 0 Å². The van der Waals surface area contributed by atoms with Crippen LogP contribution in [0.15, 0.2) is 66.7 Å².